The van der Waals surface area contributed by atoms with Crippen LogP contribution in [0.2, 0.25) is 0 Å². The van der Waals surface area contributed by atoms with Gasteiger partial charge in [-0.3, -0.25) is 19.3 Å². The Morgan fingerprint density at radius 3 is 2.84 bits per heavy atom. The van der Waals surface area contributed by atoms with Gasteiger partial charge in [0.2, 0.25) is 5.88 Å². The lowest BCUT2D eigenvalue weighted by molar-refractivity contribution is 0.0936. The molecule has 4 heterocycles. The van der Waals surface area contributed by atoms with E-state index in [2.05, 4.69) is 26.6 Å². The first kappa shape index (κ1) is 26.8. The number of amides is 1. The summed E-state index contributed by atoms with van der Waals surface area (Å²) in [5.74, 6) is 0.869. The summed E-state index contributed by atoms with van der Waals surface area (Å²) in [7, 11) is 0. The van der Waals surface area contributed by atoms with E-state index in [-0.39, 0.29) is 29.9 Å². The molecular weight excluding hydrogens is 560 g/mol. The first-order valence-corrected chi connectivity index (χ1v) is 13.9. The molecule has 6 aromatic rings. The molecule has 218 valence electrons. The van der Waals surface area contributed by atoms with Crippen LogP contribution in [-0.2, 0) is 13.0 Å². The fourth-order valence-corrected chi connectivity index (χ4v) is 5.49. The van der Waals surface area contributed by atoms with E-state index >= 15 is 0 Å². The molecule has 0 bridgehead atoms. The Kier molecular flexibility index (Phi) is 6.70. The highest BCUT2D eigenvalue weighted by Gasteiger charge is 2.26. The number of hydrogen-bond donors (Lipinski definition) is 4. The maximum atomic E-state index is 13.0. The van der Waals surface area contributed by atoms with Crippen molar-refractivity contribution in [3.05, 3.63) is 107 Å². The third-order valence-electron chi connectivity index (χ3n) is 7.68. The van der Waals surface area contributed by atoms with Crippen molar-refractivity contribution in [3.8, 4) is 28.7 Å². The minimum atomic E-state index is -0.322. The van der Waals surface area contributed by atoms with Crippen molar-refractivity contribution in [2.75, 3.05) is 5.73 Å². The highest BCUT2D eigenvalue weighted by molar-refractivity contribution is 5.96. The Labute approximate surface area is 250 Å². The van der Waals surface area contributed by atoms with Crippen molar-refractivity contribution in [1.82, 2.24) is 35.0 Å². The number of carbonyl (C=O) groups is 2. The highest BCUT2D eigenvalue weighted by Crippen LogP contribution is 2.36. The monoisotopic (exact) mass is 586 g/mol. The smallest absolute Gasteiger partial charge is 0.251 e. The van der Waals surface area contributed by atoms with Gasteiger partial charge < -0.3 is 20.9 Å². The molecule has 0 radical (unpaired) electrons. The molecule has 4 aromatic heterocycles. The van der Waals surface area contributed by atoms with Crippen molar-refractivity contribution in [1.29, 1.82) is 0 Å². The zero-order valence-electron chi connectivity index (χ0n) is 23.3. The summed E-state index contributed by atoms with van der Waals surface area (Å²) in [6.45, 7) is 0.279. The molecular formula is C32H26N8O4. The van der Waals surface area contributed by atoms with E-state index in [1.165, 1.54) is 18.2 Å². The van der Waals surface area contributed by atoms with E-state index in [0.717, 1.165) is 28.9 Å². The minimum absolute atomic E-state index is 0.0650. The summed E-state index contributed by atoms with van der Waals surface area (Å²) in [6.07, 6.45) is 5.27. The molecule has 1 amide bonds. The van der Waals surface area contributed by atoms with Crippen LogP contribution in [0.3, 0.4) is 0 Å². The number of H-pyrrole nitrogens is 1. The number of anilines is 1. The second-order valence-corrected chi connectivity index (χ2v) is 10.4. The third kappa shape index (κ3) is 4.87. The topological polar surface area (TPSA) is 174 Å². The summed E-state index contributed by atoms with van der Waals surface area (Å²) in [5, 5.41) is 19.7. The second-order valence-electron chi connectivity index (χ2n) is 10.4. The molecule has 1 aliphatic carbocycles. The number of aromatic hydroxyl groups is 1. The van der Waals surface area contributed by atoms with Gasteiger partial charge in [-0.15, -0.1) is 0 Å². The van der Waals surface area contributed by atoms with Crippen LogP contribution in [0.15, 0.2) is 79.1 Å². The largest absolute Gasteiger partial charge is 0.507 e. The van der Waals surface area contributed by atoms with Crippen LogP contribution in [-0.4, -0.2) is 47.0 Å². The molecule has 12 nitrogen and oxygen atoms in total. The minimum Gasteiger partial charge on any atom is -0.507 e. The number of imidazole rings is 1. The molecule has 2 aromatic carbocycles. The van der Waals surface area contributed by atoms with Crippen LogP contribution in [0.1, 0.15) is 50.0 Å². The molecule has 7 rings (SSSR count). The maximum Gasteiger partial charge on any atom is 0.251 e. The molecule has 44 heavy (non-hydrogen) atoms. The number of nitrogen functional groups attached to an aromatic ring is 1. The van der Waals surface area contributed by atoms with Crippen LogP contribution in [0, 0.1) is 0 Å². The van der Waals surface area contributed by atoms with E-state index in [1.807, 2.05) is 41.0 Å². The fraction of sp³-hybridized carbons (Fsp3) is 0.125. The van der Waals surface area contributed by atoms with E-state index in [1.54, 1.807) is 18.5 Å². The number of ether oxygens (including phenoxy) is 1. The number of nitrogens with zero attached hydrogens (tertiary/aromatic N) is 5. The Bertz CT molecular complexity index is 2040. The summed E-state index contributed by atoms with van der Waals surface area (Å²) in [5.41, 5.74) is 12.3. The number of aromatic amines is 1. The highest BCUT2D eigenvalue weighted by atomic mass is 16.5. The molecule has 0 unspecified atom stereocenters. The number of phenolic OH excluding ortho intramolecular Hbond substituents is 1. The number of rotatable bonds is 8. The van der Waals surface area contributed by atoms with Gasteiger partial charge in [0.25, 0.3) is 5.91 Å². The predicted molar refractivity (Wildman–Crippen MR) is 161 cm³/mol. The number of hydrogen-bond acceptors (Lipinski definition) is 9. The number of nitrogens with two attached hydrogens (primary N) is 1. The molecule has 0 aliphatic heterocycles. The van der Waals surface area contributed by atoms with Crippen LogP contribution in [0.25, 0.3) is 28.2 Å². The SMILES string of the molecule is Nc1ncccc1-c1nc2ccc(OCc3ccn[nH]3)nc2n1-c1ccc2c(c1)CC[C@@H]2NC(=O)c1ccc(O)c(C=O)c1. The average molecular weight is 587 g/mol. The Morgan fingerprint density at radius 1 is 1.11 bits per heavy atom. The summed E-state index contributed by atoms with van der Waals surface area (Å²) < 4.78 is 7.88. The molecule has 1 aliphatic rings. The van der Waals surface area contributed by atoms with Gasteiger partial charge >= 0.3 is 0 Å². The summed E-state index contributed by atoms with van der Waals surface area (Å²) in [6, 6.07) is 19.2. The van der Waals surface area contributed by atoms with Crippen LogP contribution >= 0.6 is 0 Å². The standard InChI is InChI=1S/C32H26N8O4/c33-29-24(2-1-12-34-29)30-36-26-8-10-28(44-17-21-11-13-35-39-21)38-31(26)40(30)22-5-6-23-18(15-22)3-7-25(23)37-32(43)19-4-9-27(42)20(14-19)16-41/h1-2,4-6,8-16,25,42H,3,7,17H2,(H2,33,34)(H,35,39)(H,37,43)/t25-/m0/s1. The lowest BCUT2D eigenvalue weighted by atomic mass is 10.1. The van der Waals surface area contributed by atoms with Crippen LogP contribution in [0.5, 0.6) is 11.6 Å². The summed E-state index contributed by atoms with van der Waals surface area (Å²) >= 11 is 0. The van der Waals surface area contributed by atoms with Gasteiger partial charge in [0, 0.05) is 29.7 Å². The molecule has 12 heteroatoms. The van der Waals surface area contributed by atoms with Gasteiger partial charge in [-0.05, 0) is 78.6 Å². The van der Waals surface area contributed by atoms with Gasteiger partial charge in [0.15, 0.2) is 17.8 Å². The van der Waals surface area contributed by atoms with Crippen molar-refractivity contribution < 1.29 is 19.4 Å². The number of nitrogens with one attached hydrogen (secondary N) is 2. The molecule has 0 fully saturated rings. The second kappa shape index (κ2) is 11.0. The van der Waals surface area contributed by atoms with E-state index in [4.69, 9.17) is 20.4 Å². The number of benzene rings is 2. The molecule has 1 atom stereocenters. The van der Waals surface area contributed by atoms with Crippen LogP contribution in [0.4, 0.5) is 5.82 Å². The zero-order valence-corrected chi connectivity index (χ0v) is 23.3. The number of aldehydes is 1. The normalized spacial score (nSPS) is 14.0. The van der Waals surface area contributed by atoms with E-state index in [0.29, 0.717) is 52.5 Å². The number of fused-ring (bicyclic) bond motifs is 2. The van der Waals surface area contributed by atoms with Crippen molar-refractivity contribution in [2.24, 2.45) is 0 Å². The molecule has 0 saturated heterocycles. The first-order chi connectivity index (χ1) is 21.5. The van der Waals surface area contributed by atoms with Gasteiger partial charge in [0.1, 0.15) is 23.7 Å². The van der Waals surface area contributed by atoms with Gasteiger partial charge in [-0.25, -0.2) is 9.97 Å². The number of aromatic nitrogens is 6. The Morgan fingerprint density at radius 2 is 2.02 bits per heavy atom. The van der Waals surface area contributed by atoms with Crippen LogP contribution < -0.4 is 15.8 Å². The lowest BCUT2D eigenvalue weighted by Gasteiger charge is -2.16. The maximum absolute atomic E-state index is 13.0. The van der Waals surface area contributed by atoms with E-state index in [9.17, 15) is 14.7 Å². The van der Waals surface area contributed by atoms with Crippen molar-refractivity contribution >= 4 is 29.2 Å². The fourth-order valence-electron chi connectivity index (χ4n) is 5.49. The van der Waals surface area contributed by atoms with Gasteiger partial charge in [0.05, 0.1) is 22.9 Å². The number of aryl methyl sites for hydroxylation is 1. The quantitative estimate of drug-likeness (QED) is 0.190. The Balaban J connectivity index is 1.24. The summed E-state index contributed by atoms with van der Waals surface area (Å²) in [4.78, 5) is 38.2. The predicted octanol–water partition coefficient (Wildman–Crippen LogP) is 4.30. The number of carbonyl (C=O) groups excluding carboxylic acids is 2. The van der Waals surface area contributed by atoms with Crippen molar-refractivity contribution in [2.45, 2.75) is 25.5 Å². The van der Waals surface area contributed by atoms with Gasteiger partial charge in [-0.2, -0.15) is 10.1 Å². The van der Waals surface area contributed by atoms with Gasteiger partial charge in [-0.1, -0.05) is 6.07 Å². The van der Waals surface area contributed by atoms with E-state index < -0.39 is 0 Å². The molecule has 0 spiro atoms. The Hall–Kier alpha value is -6.04. The number of pyridine rings is 2. The molecule has 0 saturated carbocycles. The zero-order chi connectivity index (χ0) is 30.2. The first-order valence-electron chi connectivity index (χ1n) is 13.9. The molecule has 5 N–H and O–H groups in total. The number of phenols is 1. The third-order valence-corrected chi connectivity index (χ3v) is 7.68. The average Bonchev–Trinajstić information content (AvgIpc) is 3.79. The lowest BCUT2D eigenvalue weighted by Crippen LogP contribution is -2.27. The van der Waals surface area contributed by atoms with Crippen molar-refractivity contribution in [3.63, 3.8) is 0 Å².